The van der Waals surface area contributed by atoms with Crippen LogP contribution in [0.3, 0.4) is 0 Å². The lowest BCUT2D eigenvalue weighted by Gasteiger charge is -2.35. The van der Waals surface area contributed by atoms with Crippen molar-refractivity contribution in [3.05, 3.63) is 35.4 Å². The predicted octanol–water partition coefficient (Wildman–Crippen LogP) is 7.02. The second-order valence-corrected chi connectivity index (χ2v) is 14.3. The maximum absolute atomic E-state index is 16.0. The predicted molar refractivity (Wildman–Crippen MR) is 158 cm³/mol. The number of carbonyl (C=O) groups is 3. The monoisotopic (exact) mass is 653 g/mol. The van der Waals surface area contributed by atoms with Crippen LogP contribution in [-0.2, 0) is 26.4 Å². The van der Waals surface area contributed by atoms with Crippen LogP contribution in [0.15, 0.2) is 24.3 Å². The third-order valence-electron chi connectivity index (χ3n) is 9.61. The number of nitrogens with one attached hydrogen (secondary N) is 1. The minimum absolute atomic E-state index is 0.0408. The first-order valence-electron chi connectivity index (χ1n) is 15.6. The molecule has 2 aromatic rings. The Balaban J connectivity index is 1.60. The summed E-state index contributed by atoms with van der Waals surface area (Å²) in [6.45, 7) is 9.75. The molecule has 1 saturated heterocycles. The number of carbonyl (C=O) groups excluding carboxylic acids is 3. The summed E-state index contributed by atoms with van der Waals surface area (Å²) in [5.74, 6) is -5.71. The van der Waals surface area contributed by atoms with E-state index < -0.39 is 82.6 Å². The van der Waals surface area contributed by atoms with Gasteiger partial charge in [-0.25, -0.2) is 18.6 Å². The molecule has 0 radical (unpaired) electrons. The maximum atomic E-state index is 16.0. The number of amides is 2. The van der Waals surface area contributed by atoms with Crippen molar-refractivity contribution in [1.82, 2.24) is 15.2 Å². The Morgan fingerprint density at radius 3 is 2.43 bits per heavy atom. The van der Waals surface area contributed by atoms with Crippen molar-refractivity contribution in [1.29, 1.82) is 0 Å². The van der Waals surface area contributed by atoms with Crippen LogP contribution in [0, 0.1) is 17.3 Å². The number of aromatic nitrogens is 1. The number of ether oxygens (including phenoxy) is 2. The molecule has 46 heavy (non-hydrogen) atoms. The van der Waals surface area contributed by atoms with Crippen LogP contribution < -0.4 is 10.1 Å². The van der Waals surface area contributed by atoms with E-state index in [1.54, 1.807) is 34.6 Å². The van der Waals surface area contributed by atoms with Gasteiger partial charge in [0.1, 0.15) is 17.7 Å². The molecule has 3 heterocycles. The van der Waals surface area contributed by atoms with E-state index >= 15 is 8.78 Å². The Morgan fingerprint density at radius 2 is 1.80 bits per heavy atom. The van der Waals surface area contributed by atoms with Crippen LogP contribution in [0.4, 0.5) is 26.7 Å². The van der Waals surface area contributed by atoms with E-state index in [2.05, 4.69) is 10.3 Å². The van der Waals surface area contributed by atoms with Gasteiger partial charge in [-0.15, -0.1) is 0 Å². The maximum Gasteiger partial charge on any atom is 0.416 e. The number of fused-ring (bicyclic) bond motifs is 5. The fourth-order valence-electron chi connectivity index (χ4n) is 6.75. The van der Waals surface area contributed by atoms with Crippen molar-refractivity contribution in [3.63, 3.8) is 0 Å². The molecular formula is C33H40F5N3O5. The summed E-state index contributed by atoms with van der Waals surface area (Å²) >= 11 is 0. The largest absolute Gasteiger partial charge is 0.472 e. The smallest absolute Gasteiger partial charge is 0.416 e. The number of nitrogens with zero attached hydrogens (tertiary/aromatic N) is 2. The summed E-state index contributed by atoms with van der Waals surface area (Å²) in [7, 11) is 0. The van der Waals surface area contributed by atoms with Gasteiger partial charge in [-0.1, -0.05) is 40.2 Å². The zero-order valence-electron chi connectivity index (χ0n) is 26.8. The van der Waals surface area contributed by atoms with E-state index in [-0.39, 0.29) is 35.6 Å². The Kier molecular flexibility index (Phi) is 8.55. The highest BCUT2D eigenvalue weighted by molar-refractivity contribution is 5.92. The molecule has 2 amide bonds. The van der Waals surface area contributed by atoms with Crippen LogP contribution in [0.1, 0.15) is 84.8 Å². The van der Waals surface area contributed by atoms with E-state index in [9.17, 15) is 27.6 Å². The van der Waals surface area contributed by atoms with Gasteiger partial charge >= 0.3 is 12.3 Å². The number of alkyl halides is 5. The summed E-state index contributed by atoms with van der Waals surface area (Å²) < 4.78 is 84.2. The molecule has 1 saturated carbocycles. The molecule has 252 valence electrons. The average Bonchev–Trinajstić information content (AvgIpc) is 3.44. The molecule has 2 bridgehead atoms. The van der Waals surface area contributed by atoms with Gasteiger partial charge in [0, 0.05) is 23.6 Å². The number of alkyl carbamates (subject to hydrolysis) is 1. The lowest BCUT2D eigenvalue weighted by molar-refractivity contribution is -0.141. The number of pyridine rings is 1. The van der Waals surface area contributed by atoms with Crippen molar-refractivity contribution in [2.24, 2.45) is 17.3 Å². The standard InChI is InChI=1S/C33H40F5N3O5/c1-17-24-16-41(25(17)18(2)42)28(43)26(30(3,4)5)40-29(44)46-31(6)15-21(31)9-7-8-12-32(34,35)22-13-19-10-11-20(33(36,37)38)14-23(19)39-27(22)45-24/h10-11,13-14,17,21,24-26H,7-9,12,15-16H2,1-6H3,(H,40,44)/t17-,21-,24+,25+,26-,31-/m1/s1. The zero-order valence-corrected chi connectivity index (χ0v) is 26.8. The van der Waals surface area contributed by atoms with Gasteiger partial charge in [0.05, 0.1) is 29.2 Å². The molecule has 2 aliphatic heterocycles. The summed E-state index contributed by atoms with van der Waals surface area (Å²) in [5, 5.41) is 2.79. The number of ketones is 1. The molecule has 6 atom stereocenters. The van der Waals surface area contributed by atoms with Gasteiger partial charge in [0.2, 0.25) is 11.8 Å². The number of rotatable bonds is 1. The van der Waals surface area contributed by atoms with Crippen molar-refractivity contribution in [2.45, 2.75) is 110 Å². The van der Waals surface area contributed by atoms with Crippen molar-refractivity contribution < 1.29 is 45.8 Å². The summed E-state index contributed by atoms with van der Waals surface area (Å²) in [6, 6.07) is 1.68. The van der Waals surface area contributed by atoms with Crippen LogP contribution in [0.2, 0.25) is 0 Å². The Labute approximate surface area is 264 Å². The van der Waals surface area contributed by atoms with Crippen LogP contribution in [0.5, 0.6) is 5.88 Å². The Hall–Kier alpha value is -3.51. The normalized spacial score (nSPS) is 30.7. The molecule has 2 fully saturated rings. The van der Waals surface area contributed by atoms with Crippen molar-refractivity contribution in [3.8, 4) is 5.88 Å². The highest BCUT2D eigenvalue weighted by atomic mass is 19.4. The zero-order chi connectivity index (χ0) is 34.0. The molecule has 3 aliphatic rings. The minimum atomic E-state index is -4.68. The molecule has 5 rings (SSSR count). The van der Waals surface area contributed by atoms with E-state index in [0.29, 0.717) is 19.3 Å². The highest BCUT2D eigenvalue weighted by Gasteiger charge is 2.54. The third kappa shape index (κ3) is 6.64. The molecular weight excluding hydrogens is 613 g/mol. The van der Waals surface area contributed by atoms with Gasteiger partial charge in [-0.3, -0.25) is 9.59 Å². The second kappa shape index (κ2) is 11.6. The van der Waals surface area contributed by atoms with E-state index in [4.69, 9.17) is 9.47 Å². The second-order valence-electron chi connectivity index (χ2n) is 14.3. The minimum Gasteiger partial charge on any atom is -0.472 e. The molecule has 1 aliphatic carbocycles. The van der Waals surface area contributed by atoms with Gasteiger partial charge < -0.3 is 19.7 Å². The van der Waals surface area contributed by atoms with E-state index in [0.717, 1.165) is 24.3 Å². The first kappa shape index (κ1) is 33.8. The quantitative estimate of drug-likeness (QED) is 0.332. The van der Waals surface area contributed by atoms with Crippen molar-refractivity contribution >= 4 is 28.7 Å². The Bertz CT molecular complexity index is 1540. The lowest BCUT2D eigenvalue weighted by atomic mass is 9.85. The fraction of sp³-hybridized carbons (Fsp3) is 0.636. The molecule has 8 nitrogen and oxygen atoms in total. The van der Waals surface area contributed by atoms with Gasteiger partial charge in [-0.2, -0.15) is 13.2 Å². The molecule has 1 N–H and O–H groups in total. The number of benzene rings is 1. The van der Waals surface area contributed by atoms with Gasteiger partial charge in [0.15, 0.2) is 5.78 Å². The molecule has 13 heteroatoms. The van der Waals surface area contributed by atoms with Crippen LogP contribution in [0.25, 0.3) is 10.9 Å². The van der Waals surface area contributed by atoms with Crippen LogP contribution >= 0.6 is 0 Å². The fourth-order valence-corrected chi connectivity index (χ4v) is 6.75. The van der Waals surface area contributed by atoms with Gasteiger partial charge in [0.25, 0.3) is 5.92 Å². The van der Waals surface area contributed by atoms with E-state index in [1.165, 1.54) is 11.8 Å². The summed E-state index contributed by atoms with van der Waals surface area (Å²) in [6.07, 6.45) is -5.42. The van der Waals surface area contributed by atoms with E-state index in [1.807, 2.05) is 0 Å². The van der Waals surface area contributed by atoms with Gasteiger partial charge in [-0.05, 0) is 56.7 Å². The molecule has 0 unspecified atom stereocenters. The topological polar surface area (TPSA) is 97.8 Å². The first-order chi connectivity index (χ1) is 21.2. The van der Waals surface area contributed by atoms with Crippen molar-refractivity contribution in [2.75, 3.05) is 6.54 Å². The Morgan fingerprint density at radius 1 is 1.11 bits per heavy atom. The third-order valence-corrected chi connectivity index (χ3v) is 9.61. The number of Topliss-reactive ketones (excluding diaryl/α,β-unsaturated/α-hetero) is 1. The molecule has 0 spiro atoms. The number of hydrogen-bond donors (Lipinski definition) is 1. The number of halogens is 5. The SMILES string of the molecule is CC(=O)[C@@H]1[C@H](C)[C@@H]2CN1C(=O)[C@H](C(C)(C)C)NC(=O)O[C@]1(C)C[C@H]1CCCCC(F)(F)c1cc3ccc(C(F)(F)F)cc3nc1O2. The summed E-state index contributed by atoms with van der Waals surface area (Å²) in [5.41, 5.74) is -3.35. The average molecular weight is 654 g/mol. The number of hydrogen-bond acceptors (Lipinski definition) is 6. The first-order valence-corrected chi connectivity index (χ1v) is 15.6. The molecule has 1 aromatic carbocycles. The van der Waals surface area contributed by atoms with Crippen LogP contribution in [-0.4, -0.2) is 58.0 Å². The highest BCUT2D eigenvalue weighted by Crippen LogP contribution is 2.50. The summed E-state index contributed by atoms with van der Waals surface area (Å²) in [4.78, 5) is 45.5. The molecule has 1 aromatic heterocycles. The lowest BCUT2D eigenvalue weighted by Crippen LogP contribution is -2.57.